The third kappa shape index (κ3) is 3.51. The Morgan fingerprint density at radius 3 is 2.78 bits per heavy atom. The van der Waals surface area contributed by atoms with E-state index in [9.17, 15) is 9.59 Å². The van der Waals surface area contributed by atoms with Gasteiger partial charge in [0.15, 0.2) is 4.32 Å². The van der Waals surface area contributed by atoms with Crippen LogP contribution in [0, 0.1) is 5.92 Å². The van der Waals surface area contributed by atoms with Crippen molar-refractivity contribution in [1.29, 1.82) is 0 Å². The summed E-state index contributed by atoms with van der Waals surface area (Å²) in [6.45, 7) is 0. The number of nitrogens with zero attached hydrogens (tertiary/aromatic N) is 3. The maximum Gasteiger partial charge on any atom is 0.285 e. The number of amides is 2. The lowest BCUT2D eigenvalue weighted by Crippen LogP contribution is -2.47. The van der Waals surface area contributed by atoms with Gasteiger partial charge in [0.25, 0.3) is 5.91 Å². The van der Waals surface area contributed by atoms with Gasteiger partial charge in [-0.05, 0) is 37.2 Å². The van der Waals surface area contributed by atoms with Crippen LogP contribution in [0.15, 0.2) is 29.2 Å². The van der Waals surface area contributed by atoms with Crippen LogP contribution in [0.4, 0.5) is 0 Å². The van der Waals surface area contributed by atoms with Crippen molar-refractivity contribution < 1.29 is 9.59 Å². The first-order valence-corrected chi connectivity index (χ1v) is 10.3. The molecule has 0 atom stereocenters. The minimum Gasteiger partial charge on any atom is -0.328 e. The lowest BCUT2D eigenvalue weighted by atomic mass is 9.89. The number of benzene rings is 1. The minimum atomic E-state index is -0.304. The standard InChI is InChI=1S/C19H20N4O2S2/c1-22-14-10-6-5-9-13(14)20-16(22)11-15-18(25)23(19(26)27-15)21-17(24)12-7-3-2-4-8-12/h5-6,9-12H,2-4,7-8H2,1H3,(H,21,24)/b15-11+. The second-order valence-corrected chi connectivity index (χ2v) is 8.52. The zero-order valence-corrected chi connectivity index (χ0v) is 16.6. The van der Waals surface area contributed by atoms with E-state index in [4.69, 9.17) is 12.2 Å². The first kappa shape index (κ1) is 18.2. The number of nitrogens with one attached hydrogen (secondary N) is 1. The molecule has 140 valence electrons. The number of hydrogen-bond donors (Lipinski definition) is 1. The molecular weight excluding hydrogens is 380 g/mol. The molecule has 6 nitrogen and oxygen atoms in total. The second kappa shape index (κ2) is 7.44. The molecule has 0 radical (unpaired) electrons. The molecule has 1 aromatic carbocycles. The highest BCUT2D eigenvalue weighted by atomic mass is 32.2. The summed E-state index contributed by atoms with van der Waals surface area (Å²) in [5.74, 6) is 0.221. The Morgan fingerprint density at radius 2 is 2.04 bits per heavy atom. The van der Waals surface area contributed by atoms with Crippen molar-refractivity contribution in [2.24, 2.45) is 13.0 Å². The number of rotatable bonds is 3. The maximum atomic E-state index is 12.8. The van der Waals surface area contributed by atoms with Crippen molar-refractivity contribution in [3.63, 3.8) is 0 Å². The molecular formula is C19H20N4O2S2. The Hall–Kier alpha value is -2.19. The Balaban J connectivity index is 1.54. The highest BCUT2D eigenvalue weighted by molar-refractivity contribution is 8.26. The molecule has 1 aliphatic heterocycles. The topological polar surface area (TPSA) is 67.2 Å². The van der Waals surface area contributed by atoms with Crippen LogP contribution in [0.1, 0.15) is 37.9 Å². The largest absolute Gasteiger partial charge is 0.328 e. The van der Waals surface area contributed by atoms with Gasteiger partial charge < -0.3 is 4.57 Å². The molecule has 8 heteroatoms. The Labute approximate surface area is 167 Å². The zero-order valence-electron chi connectivity index (χ0n) is 15.0. The van der Waals surface area contributed by atoms with Crippen LogP contribution < -0.4 is 5.43 Å². The fourth-order valence-corrected chi connectivity index (χ4v) is 4.69. The van der Waals surface area contributed by atoms with Crippen molar-refractivity contribution >= 4 is 57.2 Å². The van der Waals surface area contributed by atoms with E-state index in [1.165, 1.54) is 23.2 Å². The van der Waals surface area contributed by atoms with Gasteiger partial charge >= 0.3 is 0 Å². The second-order valence-electron chi connectivity index (χ2n) is 6.85. The monoisotopic (exact) mass is 400 g/mol. The highest BCUT2D eigenvalue weighted by Crippen LogP contribution is 2.32. The number of thioether (sulfide) groups is 1. The van der Waals surface area contributed by atoms with Gasteiger partial charge in [0.1, 0.15) is 5.82 Å². The van der Waals surface area contributed by atoms with E-state index in [0.717, 1.165) is 36.7 Å². The molecule has 2 aromatic rings. The Kier molecular flexibility index (Phi) is 5.01. The summed E-state index contributed by atoms with van der Waals surface area (Å²) in [6, 6.07) is 7.80. The van der Waals surface area contributed by atoms with Gasteiger partial charge in [0, 0.05) is 19.0 Å². The van der Waals surface area contributed by atoms with Crippen molar-refractivity contribution in [1.82, 2.24) is 20.0 Å². The third-order valence-electron chi connectivity index (χ3n) is 5.07. The number of aromatic nitrogens is 2. The van der Waals surface area contributed by atoms with Gasteiger partial charge in [-0.1, -0.05) is 43.2 Å². The predicted octanol–water partition coefficient (Wildman–Crippen LogP) is 3.39. The molecule has 0 spiro atoms. The zero-order chi connectivity index (χ0) is 19.0. The van der Waals surface area contributed by atoms with Gasteiger partial charge in [-0.2, -0.15) is 5.01 Å². The quantitative estimate of drug-likeness (QED) is 0.632. The van der Waals surface area contributed by atoms with Crippen LogP contribution in [0.25, 0.3) is 17.1 Å². The summed E-state index contributed by atoms with van der Waals surface area (Å²) < 4.78 is 2.27. The number of para-hydroxylation sites is 2. The molecule has 0 bridgehead atoms. The van der Waals surface area contributed by atoms with Crippen molar-refractivity contribution in [2.45, 2.75) is 32.1 Å². The summed E-state index contributed by atoms with van der Waals surface area (Å²) >= 11 is 6.50. The highest BCUT2D eigenvalue weighted by Gasteiger charge is 2.35. The number of carbonyl (C=O) groups excluding carboxylic acids is 2. The molecule has 1 aliphatic carbocycles. The number of hydrazine groups is 1. The summed E-state index contributed by atoms with van der Waals surface area (Å²) in [4.78, 5) is 30.3. The molecule has 1 aromatic heterocycles. The van der Waals surface area contributed by atoms with Crippen molar-refractivity contribution in [3.05, 3.63) is 35.0 Å². The normalized spacial score (nSPS) is 20.0. The molecule has 4 rings (SSSR count). The van der Waals surface area contributed by atoms with E-state index >= 15 is 0 Å². The number of imidazole rings is 1. The van der Waals surface area contributed by atoms with Gasteiger partial charge in [-0.15, -0.1) is 0 Å². The van der Waals surface area contributed by atoms with Crippen LogP contribution >= 0.6 is 24.0 Å². The lowest BCUT2D eigenvalue weighted by molar-refractivity contribution is -0.136. The summed E-state index contributed by atoms with van der Waals surface area (Å²) in [7, 11) is 1.91. The lowest BCUT2D eigenvalue weighted by Gasteiger charge is -2.23. The molecule has 2 aliphatic rings. The smallest absolute Gasteiger partial charge is 0.285 e. The van der Waals surface area contributed by atoms with Crippen LogP contribution in [-0.2, 0) is 16.6 Å². The first-order chi connectivity index (χ1) is 13.0. The fraction of sp³-hybridized carbons (Fsp3) is 0.368. The first-order valence-electron chi connectivity index (χ1n) is 9.04. The van der Waals surface area contributed by atoms with Gasteiger partial charge in [-0.25, -0.2) is 4.98 Å². The fourth-order valence-electron chi connectivity index (χ4n) is 3.54. The number of carbonyl (C=O) groups is 2. The average molecular weight is 401 g/mol. The summed E-state index contributed by atoms with van der Waals surface area (Å²) in [5.41, 5.74) is 4.58. The third-order valence-corrected chi connectivity index (χ3v) is 6.38. The minimum absolute atomic E-state index is 0.0350. The van der Waals surface area contributed by atoms with Crippen LogP contribution in [0.5, 0.6) is 0 Å². The number of hydrogen-bond acceptors (Lipinski definition) is 5. The predicted molar refractivity (Wildman–Crippen MR) is 110 cm³/mol. The van der Waals surface area contributed by atoms with Crippen molar-refractivity contribution in [2.75, 3.05) is 0 Å². The molecule has 1 N–H and O–H groups in total. The van der Waals surface area contributed by atoms with E-state index in [2.05, 4.69) is 10.4 Å². The van der Waals surface area contributed by atoms with Crippen LogP contribution in [0.3, 0.4) is 0 Å². The van der Waals surface area contributed by atoms with E-state index in [0.29, 0.717) is 15.1 Å². The van der Waals surface area contributed by atoms with Gasteiger partial charge in [0.2, 0.25) is 5.91 Å². The average Bonchev–Trinajstić information content (AvgIpc) is 3.14. The molecule has 0 unspecified atom stereocenters. The number of aryl methyl sites for hydroxylation is 1. The van der Waals surface area contributed by atoms with E-state index in [1.54, 1.807) is 6.08 Å². The van der Waals surface area contributed by atoms with Crippen LogP contribution in [0.2, 0.25) is 0 Å². The maximum absolute atomic E-state index is 12.8. The molecule has 2 fully saturated rings. The number of thiocarbonyl (C=S) groups is 1. The molecule has 27 heavy (non-hydrogen) atoms. The van der Waals surface area contributed by atoms with E-state index in [-0.39, 0.29) is 17.7 Å². The van der Waals surface area contributed by atoms with Gasteiger partial charge in [-0.3, -0.25) is 15.0 Å². The molecule has 2 amide bonds. The summed E-state index contributed by atoms with van der Waals surface area (Å²) in [6.07, 6.45) is 6.76. The molecule has 1 saturated carbocycles. The van der Waals surface area contributed by atoms with E-state index < -0.39 is 0 Å². The Bertz CT molecular complexity index is 960. The molecule has 1 saturated heterocycles. The van der Waals surface area contributed by atoms with Crippen molar-refractivity contribution in [3.8, 4) is 0 Å². The SMILES string of the molecule is Cn1c(/C=C2/SC(=S)N(NC(=O)C3CCCCC3)C2=O)nc2ccccc21. The Morgan fingerprint density at radius 1 is 1.30 bits per heavy atom. The molecule has 2 heterocycles. The van der Waals surface area contributed by atoms with Crippen LogP contribution in [-0.4, -0.2) is 30.7 Å². The summed E-state index contributed by atoms with van der Waals surface area (Å²) in [5, 5.41) is 1.20. The number of fused-ring (bicyclic) bond motifs is 1. The van der Waals surface area contributed by atoms with Gasteiger partial charge in [0.05, 0.1) is 15.9 Å². The van der Waals surface area contributed by atoms with E-state index in [1.807, 2.05) is 35.9 Å².